The van der Waals surface area contributed by atoms with Crippen LogP contribution in [0.3, 0.4) is 0 Å². The molecule has 1 aliphatic heterocycles. The van der Waals surface area contributed by atoms with Crippen LogP contribution in [-0.4, -0.2) is 36.4 Å². The number of fused-ring (bicyclic) bond motifs is 1. The zero-order valence-electron chi connectivity index (χ0n) is 11.9. The van der Waals surface area contributed by atoms with Gasteiger partial charge in [-0.2, -0.15) is 0 Å². The zero-order chi connectivity index (χ0) is 15.4. The molecular weight excluding hydrogens is 282 g/mol. The number of carbonyl (C=O) groups excluding carboxylic acids is 1. The summed E-state index contributed by atoms with van der Waals surface area (Å²) in [6, 6.07) is 16.2. The highest BCUT2D eigenvalue weighted by Crippen LogP contribution is 2.31. The number of hydrogen-bond donors (Lipinski definition) is 2. The number of rotatable bonds is 4. The fourth-order valence-corrected chi connectivity index (χ4v) is 2.25. The molecule has 0 saturated carbocycles. The van der Waals surface area contributed by atoms with Gasteiger partial charge in [0.25, 0.3) is 5.91 Å². The number of hydrogen-bond acceptors (Lipinski definition) is 4. The molecule has 2 unspecified atom stereocenters. The van der Waals surface area contributed by atoms with E-state index in [9.17, 15) is 9.90 Å². The predicted molar refractivity (Wildman–Crippen MR) is 81.1 cm³/mol. The molecule has 0 saturated heterocycles. The van der Waals surface area contributed by atoms with E-state index in [1.807, 2.05) is 24.3 Å². The van der Waals surface area contributed by atoms with Crippen molar-refractivity contribution in [1.82, 2.24) is 5.32 Å². The fraction of sp³-hybridized carbons (Fsp3) is 0.235. The van der Waals surface area contributed by atoms with Crippen LogP contribution in [0.25, 0.3) is 0 Å². The minimum Gasteiger partial charge on any atom is -0.486 e. The lowest BCUT2D eigenvalue weighted by molar-refractivity contribution is -0.00862. The molecular formula is C17H17NO4. The summed E-state index contributed by atoms with van der Waals surface area (Å²) in [4.78, 5) is 11.9. The normalized spacial score (nSPS) is 17.6. The number of benzene rings is 2. The Morgan fingerprint density at radius 2 is 1.82 bits per heavy atom. The van der Waals surface area contributed by atoms with Crippen molar-refractivity contribution in [2.45, 2.75) is 12.2 Å². The minimum atomic E-state index is -0.846. The Balaban J connectivity index is 1.55. The van der Waals surface area contributed by atoms with Gasteiger partial charge in [0.2, 0.25) is 0 Å². The van der Waals surface area contributed by atoms with Crippen LogP contribution < -0.4 is 14.8 Å². The third-order valence-electron chi connectivity index (χ3n) is 3.47. The second-order valence-corrected chi connectivity index (χ2v) is 5.06. The fourth-order valence-electron chi connectivity index (χ4n) is 2.25. The maximum Gasteiger partial charge on any atom is 0.251 e. The molecule has 0 aliphatic carbocycles. The predicted octanol–water partition coefficient (Wildman–Crippen LogP) is 1.62. The van der Waals surface area contributed by atoms with E-state index in [0.29, 0.717) is 17.1 Å². The molecule has 0 spiro atoms. The van der Waals surface area contributed by atoms with Gasteiger partial charge in [-0.15, -0.1) is 0 Å². The molecule has 2 aromatic carbocycles. The zero-order valence-corrected chi connectivity index (χ0v) is 11.9. The molecule has 1 amide bonds. The summed E-state index contributed by atoms with van der Waals surface area (Å²) in [6.45, 7) is 0.351. The third kappa shape index (κ3) is 3.20. The summed E-state index contributed by atoms with van der Waals surface area (Å²) in [6.07, 6.45) is -1.35. The van der Waals surface area contributed by atoms with E-state index in [0.717, 1.165) is 0 Å². The van der Waals surface area contributed by atoms with E-state index < -0.39 is 12.2 Å². The van der Waals surface area contributed by atoms with Gasteiger partial charge >= 0.3 is 0 Å². The number of amides is 1. The first kappa shape index (κ1) is 14.4. The molecule has 2 atom stereocenters. The molecule has 5 nitrogen and oxygen atoms in total. The number of para-hydroxylation sites is 2. The van der Waals surface area contributed by atoms with Crippen LogP contribution in [0.2, 0.25) is 0 Å². The van der Waals surface area contributed by atoms with Crippen LogP contribution in [0.15, 0.2) is 54.6 Å². The second-order valence-electron chi connectivity index (χ2n) is 5.06. The van der Waals surface area contributed by atoms with Gasteiger partial charge in [-0.05, 0) is 24.3 Å². The number of nitrogens with one attached hydrogen (secondary N) is 1. The Labute approximate surface area is 128 Å². The van der Waals surface area contributed by atoms with Crippen molar-refractivity contribution in [1.29, 1.82) is 0 Å². The molecule has 2 aromatic rings. The van der Waals surface area contributed by atoms with Crippen molar-refractivity contribution in [3.05, 3.63) is 60.2 Å². The molecule has 3 rings (SSSR count). The van der Waals surface area contributed by atoms with Gasteiger partial charge in [0.1, 0.15) is 12.7 Å². The molecule has 0 fully saturated rings. The van der Waals surface area contributed by atoms with Crippen molar-refractivity contribution in [3.8, 4) is 11.5 Å². The topological polar surface area (TPSA) is 67.8 Å². The van der Waals surface area contributed by atoms with E-state index in [-0.39, 0.29) is 19.1 Å². The number of aliphatic hydroxyl groups excluding tert-OH is 1. The van der Waals surface area contributed by atoms with Crippen LogP contribution in [0.4, 0.5) is 0 Å². The van der Waals surface area contributed by atoms with E-state index in [4.69, 9.17) is 9.47 Å². The van der Waals surface area contributed by atoms with Crippen LogP contribution in [0, 0.1) is 0 Å². The van der Waals surface area contributed by atoms with Gasteiger partial charge in [-0.3, -0.25) is 4.79 Å². The van der Waals surface area contributed by atoms with Crippen LogP contribution in [-0.2, 0) is 0 Å². The highest BCUT2D eigenvalue weighted by Gasteiger charge is 2.27. The molecule has 5 heteroatoms. The summed E-state index contributed by atoms with van der Waals surface area (Å²) in [5, 5.41) is 12.9. The molecule has 22 heavy (non-hydrogen) atoms. The lowest BCUT2D eigenvalue weighted by Gasteiger charge is -2.29. The number of aliphatic hydroxyl groups is 1. The Hall–Kier alpha value is -2.53. The highest BCUT2D eigenvalue weighted by molar-refractivity contribution is 5.94. The van der Waals surface area contributed by atoms with Gasteiger partial charge < -0.3 is 19.9 Å². The molecule has 1 heterocycles. The third-order valence-corrected chi connectivity index (χ3v) is 3.47. The van der Waals surface area contributed by atoms with Gasteiger partial charge in [0.05, 0.1) is 0 Å². The first-order valence-corrected chi connectivity index (χ1v) is 7.14. The van der Waals surface area contributed by atoms with Gasteiger partial charge in [-0.1, -0.05) is 30.3 Å². The Bertz CT molecular complexity index is 644. The number of carbonyl (C=O) groups is 1. The summed E-state index contributed by atoms with van der Waals surface area (Å²) < 4.78 is 11.3. The van der Waals surface area contributed by atoms with E-state index in [1.54, 1.807) is 30.3 Å². The van der Waals surface area contributed by atoms with Crippen molar-refractivity contribution >= 4 is 5.91 Å². The van der Waals surface area contributed by atoms with Gasteiger partial charge in [0.15, 0.2) is 17.6 Å². The average Bonchev–Trinajstić information content (AvgIpc) is 2.59. The Kier molecular flexibility index (Phi) is 4.25. The smallest absolute Gasteiger partial charge is 0.251 e. The van der Waals surface area contributed by atoms with E-state index in [2.05, 4.69) is 5.32 Å². The summed E-state index contributed by atoms with van der Waals surface area (Å²) in [7, 11) is 0. The quantitative estimate of drug-likeness (QED) is 0.900. The first-order chi connectivity index (χ1) is 10.7. The minimum absolute atomic E-state index is 0.101. The Morgan fingerprint density at radius 3 is 2.59 bits per heavy atom. The lowest BCUT2D eigenvalue weighted by atomic mass is 10.1. The molecule has 1 aliphatic rings. The highest BCUT2D eigenvalue weighted by atomic mass is 16.6. The number of ether oxygens (including phenoxy) is 2. The monoisotopic (exact) mass is 299 g/mol. The first-order valence-electron chi connectivity index (χ1n) is 7.14. The van der Waals surface area contributed by atoms with E-state index >= 15 is 0 Å². The molecule has 0 bridgehead atoms. The maximum atomic E-state index is 11.9. The summed E-state index contributed by atoms with van der Waals surface area (Å²) in [5.41, 5.74) is 0.556. The van der Waals surface area contributed by atoms with Crippen molar-refractivity contribution in [2.75, 3.05) is 13.2 Å². The maximum absolute atomic E-state index is 11.9. The van der Waals surface area contributed by atoms with Gasteiger partial charge in [-0.25, -0.2) is 0 Å². The van der Waals surface area contributed by atoms with Crippen molar-refractivity contribution in [3.63, 3.8) is 0 Å². The van der Waals surface area contributed by atoms with Crippen molar-refractivity contribution < 1.29 is 19.4 Å². The van der Waals surface area contributed by atoms with Crippen molar-refractivity contribution in [2.24, 2.45) is 0 Å². The molecule has 0 aromatic heterocycles. The SMILES string of the molecule is O=C(NCC(O)C1COc2ccccc2O1)c1ccccc1. The van der Waals surface area contributed by atoms with Crippen LogP contribution >= 0.6 is 0 Å². The van der Waals surface area contributed by atoms with Gasteiger partial charge in [0, 0.05) is 12.1 Å². The lowest BCUT2D eigenvalue weighted by Crippen LogP contribution is -2.46. The average molecular weight is 299 g/mol. The van der Waals surface area contributed by atoms with E-state index in [1.165, 1.54) is 0 Å². The van der Waals surface area contributed by atoms with Crippen LogP contribution in [0.1, 0.15) is 10.4 Å². The second kappa shape index (κ2) is 6.49. The largest absolute Gasteiger partial charge is 0.486 e. The summed E-state index contributed by atoms with van der Waals surface area (Å²) in [5.74, 6) is 1.04. The molecule has 2 N–H and O–H groups in total. The standard InChI is InChI=1S/C17H17NO4/c19-13(10-18-17(20)12-6-2-1-3-7-12)16-11-21-14-8-4-5-9-15(14)22-16/h1-9,13,16,19H,10-11H2,(H,18,20). The molecule has 0 radical (unpaired) electrons. The molecule has 114 valence electrons. The summed E-state index contributed by atoms with van der Waals surface area (Å²) >= 11 is 0. The Morgan fingerprint density at radius 1 is 1.14 bits per heavy atom. The van der Waals surface area contributed by atoms with Crippen LogP contribution in [0.5, 0.6) is 11.5 Å².